The Bertz CT molecular complexity index is 1080. The Labute approximate surface area is 200 Å². The van der Waals surface area contributed by atoms with Crippen molar-refractivity contribution in [2.75, 3.05) is 11.9 Å². The molecule has 9 heteroatoms. The lowest BCUT2D eigenvalue weighted by Crippen LogP contribution is -2.54. The number of hydrazine groups is 1. The minimum Gasteiger partial charge on any atom is -0.368 e. The number of nitriles is 1. The van der Waals surface area contributed by atoms with Crippen molar-refractivity contribution in [3.05, 3.63) is 41.7 Å². The van der Waals surface area contributed by atoms with Gasteiger partial charge in [-0.05, 0) is 63.3 Å². The predicted molar refractivity (Wildman–Crippen MR) is 128 cm³/mol. The van der Waals surface area contributed by atoms with Crippen LogP contribution in [0.4, 0.5) is 5.69 Å². The first-order valence-electron chi connectivity index (χ1n) is 12.4. The van der Waals surface area contributed by atoms with Crippen molar-refractivity contribution in [3.8, 4) is 6.07 Å². The van der Waals surface area contributed by atoms with Gasteiger partial charge in [-0.15, -0.1) is 5.10 Å². The molecule has 34 heavy (non-hydrogen) atoms. The summed E-state index contributed by atoms with van der Waals surface area (Å²) in [7, 11) is 0. The smallest absolute Gasteiger partial charge is 0.228 e. The van der Waals surface area contributed by atoms with E-state index in [4.69, 9.17) is 0 Å². The van der Waals surface area contributed by atoms with Crippen LogP contribution in [0.1, 0.15) is 57.1 Å². The number of rotatable bonds is 5. The second-order valence-electron chi connectivity index (χ2n) is 10.4. The van der Waals surface area contributed by atoms with Crippen molar-refractivity contribution in [1.82, 2.24) is 30.7 Å². The topological polar surface area (TPSA) is 111 Å². The van der Waals surface area contributed by atoms with E-state index in [0.29, 0.717) is 6.54 Å². The lowest BCUT2D eigenvalue weighted by molar-refractivity contribution is -0.128. The number of piperidine rings is 1. The number of amides is 1. The van der Waals surface area contributed by atoms with E-state index in [-0.39, 0.29) is 41.5 Å². The summed E-state index contributed by atoms with van der Waals surface area (Å²) < 4.78 is 1.87. The molecule has 0 spiro atoms. The minimum atomic E-state index is -0.330. The first-order valence-corrected chi connectivity index (χ1v) is 12.4. The molecular formula is C25H34N8O. The van der Waals surface area contributed by atoms with Gasteiger partial charge in [0.15, 0.2) is 0 Å². The van der Waals surface area contributed by atoms with Crippen LogP contribution in [0.5, 0.6) is 0 Å². The average Bonchev–Trinajstić information content (AvgIpc) is 3.49. The van der Waals surface area contributed by atoms with E-state index < -0.39 is 0 Å². The molecule has 2 saturated heterocycles. The molecule has 1 aromatic carbocycles. The number of carbonyl (C=O) groups excluding carboxylic acids is 1. The third kappa shape index (κ3) is 3.95. The number of nitrogens with one attached hydrogen (secondary N) is 3. The maximum Gasteiger partial charge on any atom is 0.228 e. The van der Waals surface area contributed by atoms with Gasteiger partial charge >= 0.3 is 0 Å². The fourth-order valence-electron chi connectivity index (χ4n) is 6.15. The minimum absolute atomic E-state index is 0.00572. The summed E-state index contributed by atoms with van der Waals surface area (Å²) >= 11 is 0. The number of carbonyl (C=O) groups is 1. The molecule has 2 aliphatic heterocycles. The van der Waals surface area contributed by atoms with Gasteiger partial charge in [0, 0.05) is 30.5 Å². The zero-order valence-corrected chi connectivity index (χ0v) is 20.2. The monoisotopic (exact) mass is 462 g/mol. The van der Waals surface area contributed by atoms with Crippen LogP contribution in [0.25, 0.3) is 0 Å². The van der Waals surface area contributed by atoms with Crippen molar-refractivity contribution in [3.63, 3.8) is 0 Å². The van der Waals surface area contributed by atoms with Crippen LogP contribution in [0, 0.1) is 30.1 Å². The number of fused-ring (bicyclic) bond motifs is 1. The largest absolute Gasteiger partial charge is 0.368 e. The van der Waals surface area contributed by atoms with Crippen LogP contribution < -0.4 is 16.1 Å². The van der Waals surface area contributed by atoms with E-state index in [9.17, 15) is 10.1 Å². The van der Waals surface area contributed by atoms with Crippen molar-refractivity contribution >= 4 is 11.6 Å². The number of nitrogens with zero attached hydrogens (tertiary/aromatic N) is 5. The fourth-order valence-corrected chi connectivity index (χ4v) is 6.15. The van der Waals surface area contributed by atoms with Gasteiger partial charge < -0.3 is 10.6 Å². The maximum atomic E-state index is 12.9. The molecule has 0 bridgehead atoms. The van der Waals surface area contributed by atoms with E-state index in [0.717, 1.165) is 48.9 Å². The number of aromatic nitrogens is 3. The van der Waals surface area contributed by atoms with Crippen LogP contribution in [0.15, 0.2) is 30.6 Å². The van der Waals surface area contributed by atoms with Gasteiger partial charge in [0.2, 0.25) is 5.91 Å². The number of aryl methyl sites for hydroxylation is 1. The first kappa shape index (κ1) is 22.8. The maximum absolute atomic E-state index is 12.9. The quantitative estimate of drug-likeness (QED) is 0.626. The summed E-state index contributed by atoms with van der Waals surface area (Å²) in [6.07, 6.45) is 8.40. The van der Waals surface area contributed by atoms with E-state index in [1.165, 1.54) is 0 Å². The van der Waals surface area contributed by atoms with E-state index in [2.05, 4.69) is 76.4 Å². The lowest BCUT2D eigenvalue weighted by atomic mass is 9.83. The lowest BCUT2D eigenvalue weighted by Gasteiger charge is -2.39. The molecule has 1 saturated carbocycles. The van der Waals surface area contributed by atoms with Gasteiger partial charge in [0.25, 0.3) is 0 Å². The molecule has 1 aromatic heterocycles. The Kier molecular flexibility index (Phi) is 6.04. The summed E-state index contributed by atoms with van der Waals surface area (Å²) in [5, 5.41) is 26.8. The Morgan fingerprint density at radius 3 is 2.76 bits per heavy atom. The summed E-state index contributed by atoms with van der Waals surface area (Å²) in [5.74, 6) is -0.124. The van der Waals surface area contributed by atoms with Gasteiger partial charge in [-0.2, -0.15) is 5.26 Å². The Morgan fingerprint density at radius 2 is 2.03 bits per heavy atom. The van der Waals surface area contributed by atoms with Gasteiger partial charge in [-0.25, -0.2) is 15.1 Å². The second-order valence-corrected chi connectivity index (χ2v) is 10.4. The second kappa shape index (κ2) is 9.01. The van der Waals surface area contributed by atoms with Crippen molar-refractivity contribution in [2.24, 2.45) is 11.8 Å². The van der Waals surface area contributed by atoms with Gasteiger partial charge in [-0.1, -0.05) is 24.1 Å². The average molecular weight is 463 g/mol. The first-order chi connectivity index (χ1) is 16.4. The Balaban J connectivity index is 1.38. The van der Waals surface area contributed by atoms with Crippen molar-refractivity contribution in [2.45, 2.75) is 76.7 Å². The van der Waals surface area contributed by atoms with Crippen LogP contribution in [-0.2, 0) is 10.3 Å². The highest BCUT2D eigenvalue weighted by Gasteiger charge is 2.51. The van der Waals surface area contributed by atoms with Crippen molar-refractivity contribution in [1.29, 1.82) is 5.26 Å². The third-order valence-electron chi connectivity index (χ3n) is 7.92. The van der Waals surface area contributed by atoms with Crippen LogP contribution in [0.2, 0.25) is 0 Å². The molecule has 180 valence electrons. The van der Waals surface area contributed by atoms with Crippen molar-refractivity contribution < 1.29 is 4.79 Å². The predicted octanol–water partition coefficient (Wildman–Crippen LogP) is 2.52. The molecule has 3 heterocycles. The Morgan fingerprint density at radius 1 is 1.21 bits per heavy atom. The van der Waals surface area contributed by atoms with Gasteiger partial charge in [0.05, 0.1) is 29.6 Å². The summed E-state index contributed by atoms with van der Waals surface area (Å²) in [5.41, 5.74) is 6.56. The highest BCUT2D eigenvalue weighted by molar-refractivity contribution is 5.82. The van der Waals surface area contributed by atoms with Crippen LogP contribution in [-0.4, -0.2) is 50.7 Å². The molecule has 5 atom stereocenters. The Hall–Kier alpha value is -2.96. The summed E-state index contributed by atoms with van der Waals surface area (Å²) in [6, 6.07) is 9.09. The van der Waals surface area contributed by atoms with Crippen LogP contribution in [0.3, 0.4) is 0 Å². The number of benzene rings is 1. The molecule has 0 radical (unpaired) electrons. The highest BCUT2D eigenvalue weighted by Crippen LogP contribution is 2.37. The number of hydrogen-bond donors (Lipinski definition) is 3. The number of hydrogen-bond acceptors (Lipinski definition) is 7. The molecule has 9 nitrogen and oxygen atoms in total. The molecular weight excluding hydrogens is 428 g/mol. The SMILES string of the molecule is Cc1cc(NC2NN([C@H]3CCCC[C@@H]3C#N)C3CCNC(=O)C23)ccc1C(C)(C)n1ccnn1. The molecule has 3 N–H and O–H groups in total. The van der Waals surface area contributed by atoms with Gasteiger partial charge in [0.1, 0.15) is 6.17 Å². The normalized spacial score (nSPS) is 29.8. The molecule has 3 unspecified atom stereocenters. The fraction of sp³-hybridized carbons (Fsp3) is 0.600. The molecule has 2 aromatic rings. The van der Waals surface area contributed by atoms with Gasteiger partial charge in [-0.3, -0.25) is 4.79 Å². The highest BCUT2D eigenvalue weighted by atomic mass is 16.2. The van der Waals surface area contributed by atoms with E-state index in [1.807, 2.05) is 10.9 Å². The number of anilines is 1. The standard InChI is InChI=1S/C25H34N8O/c1-16-14-18(8-9-19(16)25(2,3)32-13-12-28-31-32)29-23-22-21(10-11-27-24(22)34)33(30-23)20-7-5-4-6-17(20)15-26/h8-9,12-14,17,20-23,29-30H,4-7,10-11H2,1-3H3,(H,27,34)/t17-,20+,21?,22?,23?/m1/s1. The zero-order valence-electron chi connectivity index (χ0n) is 20.2. The molecule has 1 amide bonds. The molecule has 3 aliphatic rings. The summed E-state index contributed by atoms with van der Waals surface area (Å²) in [6.45, 7) is 7.03. The third-order valence-corrected chi connectivity index (χ3v) is 7.92. The molecule has 1 aliphatic carbocycles. The zero-order chi connectivity index (χ0) is 23.9. The van der Waals surface area contributed by atoms with E-state index >= 15 is 0 Å². The van der Waals surface area contributed by atoms with Crippen LogP contribution >= 0.6 is 0 Å². The summed E-state index contributed by atoms with van der Waals surface area (Å²) in [4.78, 5) is 12.9. The molecule has 3 fully saturated rings. The molecule has 5 rings (SSSR count). The van der Waals surface area contributed by atoms with E-state index in [1.54, 1.807) is 6.20 Å².